The van der Waals surface area contributed by atoms with E-state index in [-0.39, 0.29) is 5.82 Å². The molecule has 0 radical (unpaired) electrons. The number of aliphatic hydroxyl groups is 3. The Morgan fingerprint density at radius 1 is 1.19 bits per heavy atom. The van der Waals surface area contributed by atoms with Crippen molar-refractivity contribution in [2.24, 2.45) is 0 Å². The number of aliphatic hydroxyl groups excluding tert-OH is 3. The molecule has 2 aromatic heterocycles. The Labute approximate surface area is 148 Å². The minimum absolute atomic E-state index is 0.176. The zero-order valence-corrected chi connectivity index (χ0v) is 13.6. The molecule has 2 aliphatic heterocycles. The number of nitrogens with two attached hydrogens (primary N) is 1. The molecule has 1 fully saturated rings. The molecule has 0 aromatic carbocycles. The van der Waals surface area contributed by atoms with E-state index >= 15 is 0 Å². The average molecular weight is 358 g/mol. The lowest BCUT2D eigenvalue weighted by Gasteiger charge is -2.17. The second-order valence-corrected chi connectivity index (χ2v) is 5.95. The van der Waals surface area contributed by atoms with Gasteiger partial charge in [-0.25, -0.2) is 15.0 Å². The molecule has 1 saturated heterocycles. The first-order chi connectivity index (χ1) is 12.6. The minimum atomic E-state index is -1.25. The van der Waals surface area contributed by atoms with Crippen molar-refractivity contribution in [3.8, 4) is 0 Å². The maximum Gasteiger partial charge on any atom is 0.180 e. The van der Waals surface area contributed by atoms with E-state index in [1.807, 2.05) is 18.2 Å². The van der Waals surface area contributed by atoms with Crippen molar-refractivity contribution in [1.29, 1.82) is 0 Å². The second kappa shape index (κ2) is 6.50. The van der Waals surface area contributed by atoms with Gasteiger partial charge in [0.2, 0.25) is 0 Å². The normalized spacial score (nSPS) is 28.2. The first-order valence-electron chi connectivity index (χ1n) is 8.03. The van der Waals surface area contributed by atoms with Crippen LogP contribution >= 0.6 is 0 Å². The minimum Gasteiger partial charge on any atom is -0.394 e. The first kappa shape index (κ1) is 16.7. The molecular weight excluding hydrogens is 340 g/mol. The van der Waals surface area contributed by atoms with Gasteiger partial charge in [0, 0.05) is 6.20 Å². The van der Waals surface area contributed by atoms with Gasteiger partial charge in [0.15, 0.2) is 23.5 Å². The lowest BCUT2D eigenvalue weighted by Crippen LogP contribution is -2.33. The standard InChI is InChI=1S/C16H18N6O4/c17-13-10-15(21-14(20-13)8-4-2-1-3-5-18-8)22(7-19-10)16-12(25)11(24)9(6-23)26-16/h1-5,7,9,11-12,16,18,23-25H,6H2,(H2,17,20,21)/t9-,11-,12-,16-/m1/s1. The molecule has 0 aliphatic carbocycles. The third-order valence-electron chi connectivity index (χ3n) is 4.30. The van der Waals surface area contributed by atoms with Gasteiger partial charge in [-0.3, -0.25) is 4.57 Å². The topological polar surface area (TPSA) is 152 Å². The number of hydrogen-bond acceptors (Lipinski definition) is 9. The molecule has 10 heteroatoms. The Balaban J connectivity index is 1.79. The van der Waals surface area contributed by atoms with E-state index < -0.39 is 31.1 Å². The summed E-state index contributed by atoms with van der Waals surface area (Å²) in [5, 5.41) is 32.6. The predicted octanol–water partition coefficient (Wildman–Crippen LogP) is -0.966. The summed E-state index contributed by atoms with van der Waals surface area (Å²) in [7, 11) is 0. The molecule has 2 aliphatic rings. The van der Waals surface area contributed by atoms with Crippen molar-refractivity contribution < 1.29 is 20.1 Å². The molecule has 6 N–H and O–H groups in total. The zero-order chi connectivity index (χ0) is 18.3. The van der Waals surface area contributed by atoms with Crippen LogP contribution in [0.4, 0.5) is 5.82 Å². The van der Waals surface area contributed by atoms with Crippen LogP contribution in [0.3, 0.4) is 0 Å². The molecular formula is C16H18N6O4. The highest BCUT2D eigenvalue weighted by atomic mass is 16.6. The molecule has 26 heavy (non-hydrogen) atoms. The van der Waals surface area contributed by atoms with Gasteiger partial charge in [-0.1, -0.05) is 12.2 Å². The number of hydrogen-bond donors (Lipinski definition) is 5. The van der Waals surface area contributed by atoms with Gasteiger partial charge in [0.05, 0.1) is 18.6 Å². The molecule has 0 bridgehead atoms. The number of nitrogens with one attached hydrogen (secondary N) is 1. The third kappa shape index (κ3) is 2.65. The Morgan fingerprint density at radius 3 is 2.81 bits per heavy atom. The third-order valence-corrected chi connectivity index (χ3v) is 4.30. The van der Waals surface area contributed by atoms with Crippen LogP contribution in [0.1, 0.15) is 12.1 Å². The lowest BCUT2D eigenvalue weighted by molar-refractivity contribution is -0.0511. The van der Waals surface area contributed by atoms with E-state index in [9.17, 15) is 15.3 Å². The molecule has 0 spiro atoms. The van der Waals surface area contributed by atoms with Gasteiger partial charge >= 0.3 is 0 Å². The fraction of sp³-hybridized carbons (Fsp3) is 0.312. The molecule has 0 amide bonds. The van der Waals surface area contributed by atoms with Gasteiger partial charge in [0.1, 0.15) is 23.8 Å². The van der Waals surface area contributed by atoms with E-state index in [1.54, 1.807) is 12.3 Å². The molecule has 0 unspecified atom stereocenters. The number of nitrogens with zero attached hydrogens (tertiary/aromatic N) is 4. The number of imidazole rings is 1. The van der Waals surface area contributed by atoms with Crippen LogP contribution < -0.4 is 11.1 Å². The predicted molar refractivity (Wildman–Crippen MR) is 92.1 cm³/mol. The second-order valence-electron chi connectivity index (χ2n) is 5.95. The molecule has 4 rings (SSSR count). The fourth-order valence-electron chi connectivity index (χ4n) is 2.95. The van der Waals surface area contributed by atoms with Crippen LogP contribution in [0, 0.1) is 0 Å². The maximum atomic E-state index is 10.3. The SMILES string of the molecule is Nc1nc(C2=CC=CC=CN2)nc2c1ncn2[C@@H]1O[C@H](CO)[C@@H](O)[C@H]1O. The maximum absolute atomic E-state index is 10.3. The Morgan fingerprint density at radius 2 is 2.04 bits per heavy atom. The number of fused-ring (bicyclic) bond motifs is 1. The van der Waals surface area contributed by atoms with E-state index in [0.717, 1.165) is 0 Å². The van der Waals surface area contributed by atoms with Crippen LogP contribution in [-0.4, -0.2) is 59.8 Å². The van der Waals surface area contributed by atoms with Crippen LogP contribution in [0.2, 0.25) is 0 Å². The highest BCUT2D eigenvalue weighted by Gasteiger charge is 2.44. The van der Waals surface area contributed by atoms with E-state index in [1.165, 1.54) is 10.9 Å². The van der Waals surface area contributed by atoms with Crippen LogP contribution in [0.25, 0.3) is 16.9 Å². The number of anilines is 1. The van der Waals surface area contributed by atoms with E-state index in [4.69, 9.17) is 10.5 Å². The summed E-state index contributed by atoms with van der Waals surface area (Å²) in [6.07, 6.45) is 6.15. The highest BCUT2D eigenvalue weighted by Crippen LogP contribution is 2.32. The summed E-state index contributed by atoms with van der Waals surface area (Å²) < 4.78 is 7.03. The molecule has 4 atom stereocenters. The Hall–Kier alpha value is -2.79. The van der Waals surface area contributed by atoms with Crippen LogP contribution in [0.15, 0.2) is 36.8 Å². The van der Waals surface area contributed by atoms with Gasteiger partial charge < -0.3 is 31.1 Å². The van der Waals surface area contributed by atoms with E-state index in [0.29, 0.717) is 22.7 Å². The van der Waals surface area contributed by atoms with Crippen molar-refractivity contribution in [3.63, 3.8) is 0 Å². The number of allylic oxidation sites excluding steroid dienone is 4. The zero-order valence-electron chi connectivity index (χ0n) is 13.6. The quantitative estimate of drug-likeness (QED) is 0.467. The summed E-state index contributed by atoms with van der Waals surface area (Å²) >= 11 is 0. The van der Waals surface area contributed by atoms with E-state index in [2.05, 4.69) is 20.3 Å². The molecule has 136 valence electrons. The monoisotopic (exact) mass is 358 g/mol. The van der Waals surface area contributed by atoms with Crippen LogP contribution in [-0.2, 0) is 4.74 Å². The van der Waals surface area contributed by atoms with Gasteiger partial charge in [-0.15, -0.1) is 0 Å². The summed E-state index contributed by atoms with van der Waals surface area (Å²) in [6, 6.07) is 0. The number of ether oxygens (including phenoxy) is 1. The largest absolute Gasteiger partial charge is 0.394 e. The lowest BCUT2D eigenvalue weighted by atomic mass is 10.1. The van der Waals surface area contributed by atoms with Crippen molar-refractivity contribution in [3.05, 3.63) is 42.7 Å². The summed E-state index contributed by atoms with van der Waals surface area (Å²) in [4.78, 5) is 13.0. The molecule has 0 saturated carbocycles. The van der Waals surface area contributed by atoms with Crippen molar-refractivity contribution >= 4 is 22.7 Å². The molecule has 4 heterocycles. The van der Waals surface area contributed by atoms with Crippen molar-refractivity contribution in [2.45, 2.75) is 24.5 Å². The number of aromatic nitrogens is 4. The fourth-order valence-corrected chi connectivity index (χ4v) is 2.95. The summed E-state index contributed by atoms with van der Waals surface area (Å²) in [5.74, 6) is 0.523. The summed E-state index contributed by atoms with van der Waals surface area (Å²) in [6.45, 7) is -0.417. The summed E-state index contributed by atoms with van der Waals surface area (Å²) in [5.41, 5.74) is 7.36. The van der Waals surface area contributed by atoms with Crippen LogP contribution in [0.5, 0.6) is 0 Å². The average Bonchev–Trinajstić information content (AvgIpc) is 3.04. The Bertz CT molecular complexity index is 921. The van der Waals surface area contributed by atoms with Gasteiger partial charge in [-0.2, -0.15) is 0 Å². The number of nitrogen functional groups attached to an aromatic ring is 1. The smallest absolute Gasteiger partial charge is 0.180 e. The highest BCUT2D eigenvalue weighted by molar-refractivity contribution is 5.83. The molecule has 10 nitrogen and oxygen atoms in total. The van der Waals surface area contributed by atoms with Crippen molar-refractivity contribution in [2.75, 3.05) is 12.3 Å². The Kier molecular flexibility index (Phi) is 4.17. The first-order valence-corrected chi connectivity index (χ1v) is 8.03. The van der Waals surface area contributed by atoms with Crippen molar-refractivity contribution in [1.82, 2.24) is 24.8 Å². The number of rotatable bonds is 3. The van der Waals surface area contributed by atoms with Gasteiger partial charge in [-0.05, 0) is 12.2 Å². The molecule has 2 aromatic rings. The van der Waals surface area contributed by atoms with Gasteiger partial charge in [0.25, 0.3) is 0 Å².